The van der Waals surface area contributed by atoms with Gasteiger partial charge < -0.3 is 14.6 Å². The number of aliphatic hydroxyl groups excluding tert-OH is 1. The number of carbonyl (C=O) groups excluding carboxylic acids is 1. The van der Waals surface area contributed by atoms with Crippen LogP contribution in [0.1, 0.15) is 39.0 Å². The molecule has 0 aliphatic carbocycles. The largest absolute Gasteiger partial charge is 0.463 e. The first-order chi connectivity index (χ1) is 7.22. The minimum absolute atomic E-state index is 0.116. The van der Waals surface area contributed by atoms with Crippen LogP contribution in [0, 0.1) is 0 Å². The lowest BCUT2D eigenvalue weighted by Gasteiger charge is -2.09. The van der Waals surface area contributed by atoms with Crippen LogP contribution >= 0.6 is 0 Å². The quantitative estimate of drug-likeness (QED) is 0.536. The second kappa shape index (κ2) is 6.80. The van der Waals surface area contributed by atoms with Crippen LogP contribution in [0.3, 0.4) is 0 Å². The molecule has 0 bridgehead atoms. The lowest BCUT2D eigenvalue weighted by atomic mass is 10.2. The maximum atomic E-state index is 11.2. The van der Waals surface area contributed by atoms with Crippen molar-refractivity contribution in [2.75, 3.05) is 13.2 Å². The van der Waals surface area contributed by atoms with Gasteiger partial charge in [0, 0.05) is 12.8 Å². The number of aliphatic hydroxyl groups is 1. The molecule has 0 spiro atoms. The number of ether oxygens (including phenoxy) is 2. The number of carbonyl (C=O) groups is 1. The first-order valence-corrected chi connectivity index (χ1v) is 5.67. The molecule has 1 aliphatic rings. The molecule has 1 saturated heterocycles. The Balaban J connectivity index is 2.01. The molecular formula is C11H20O4. The SMILES string of the molecule is CCCCCC(=O)OCC1C[C@@H](O)CO1. The van der Waals surface area contributed by atoms with Gasteiger partial charge in [0.2, 0.25) is 0 Å². The van der Waals surface area contributed by atoms with Crippen molar-refractivity contribution in [3.8, 4) is 0 Å². The topological polar surface area (TPSA) is 55.8 Å². The highest BCUT2D eigenvalue weighted by Gasteiger charge is 2.24. The van der Waals surface area contributed by atoms with Gasteiger partial charge in [-0.15, -0.1) is 0 Å². The fourth-order valence-corrected chi connectivity index (χ4v) is 1.58. The summed E-state index contributed by atoms with van der Waals surface area (Å²) in [6.07, 6.45) is 3.61. The van der Waals surface area contributed by atoms with Crippen molar-refractivity contribution in [3.05, 3.63) is 0 Å². The molecule has 0 aromatic carbocycles. The molecule has 88 valence electrons. The third kappa shape index (κ3) is 5.14. The molecule has 0 amide bonds. The molecule has 0 aromatic rings. The molecule has 1 fully saturated rings. The van der Waals surface area contributed by atoms with E-state index in [0.29, 0.717) is 19.4 Å². The van der Waals surface area contributed by atoms with Crippen LogP contribution in [-0.4, -0.2) is 36.5 Å². The van der Waals surface area contributed by atoms with E-state index in [2.05, 4.69) is 6.92 Å². The van der Waals surface area contributed by atoms with Crippen LogP contribution < -0.4 is 0 Å². The van der Waals surface area contributed by atoms with E-state index in [1.807, 2.05) is 0 Å². The molecular weight excluding hydrogens is 196 g/mol. The lowest BCUT2D eigenvalue weighted by molar-refractivity contribution is -0.147. The Kier molecular flexibility index (Phi) is 5.65. The summed E-state index contributed by atoms with van der Waals surface area (Å²) in [6, 6.07) is 0. The smallest absolute Gasteiger partial charge is 0.305 e. The molecule has 1 unspecified atom stereocenters. The Labute approximate surface area is 90.6 Å². The van der Waals surface area contributed by atoms with Crippen molar-refractivity contribution in [3.63, 3.8) is 0 Å². The van der Waals surface area contributed by atoms with E-state index in [0.717, 1.165) is 19.3 Å². The van der Waals surface area contributed by atoms with Gasteiger partial charge in [-0.3, -0.25) is 4.79 Å². The fourth-order valence-electron chi connectivity index (χ4n) is 1.58. The van der Waals surface area contributed by atoms with E-state index in [4.69, 9.17) is 9.47 Å². The number of hydrogen-bond donors (Lipinski definition) is 1. The molecule has 0 radical (unpaired) electrons. The lowest BCUT2D eigenvalue weighted by Crippen LogP contribution is -2.18. The minimum Gasteiger partial charge on any atom is -0.463 e. The predicted molar refractivity (Wildman–Crippen MR) is 55.5 cm³/mol. The molecule has 1 rings (SSSR count). The summed E-state index contributed by atoms with van der Waals surface area (Å²) in [5.74, 6) is -0.159. The molecule has 4 nitrogen and oxygen atoms in total. The maximum Gasteiger partial charge on any atom is 0.305 e. The summed E-state index contributed by atoms with van der Waals surface area (Å²) in [4.78, 5) is 11.2. The molecule has 0 aromatic heterocycles. The first kappa shape index (κ1) is 12.5. The van der Waals surface area contributed by atoms with Crippen molar-refractivity contribution >= 4 is 5.97 Å². The third-order valence-corrected chi connectivity index (χ3v) is 2.47. The van der Waals surface area contributed by atoms with Crippen molar-refractivity contribution in [2.45, 2.75) is 51.2 Å². The summed E-state index contributed by atoms with van der Waals surface area (Å²) in [5.41, 5.74) is 0. The van der Waals surface area contributed by atoms with E-state index in [9.17, 15) is 9.90 Å². The monoisotopic (exact) mass is 216 g/mol. The average Bonchev–Trinajstić information content (AvgIpc) is 2.62. The van der Waals surface area contributed by atoms with Gasteiger partial charge in [-0.1, -0.05) is 19.8 Å². The summed E-state index contributed by atoms with van der Waals surface area (Å²) in [6.45, 7) is 2.74. The second-order valence-electron chi connectivity index (χ2n) is 3.98. The van der Waals surface area contributed by atoms with E-state index in [-0.39, 0.29) is 18.7 Å². The number of esters is 1. The Bertz CT molecular complexity index is 193. The highest BCUT2D eigenvalue weighted by Crippen LogP contribution is 2.13. The molecule has 2 atom stereocenters. The maximum absolute atomic E-state index is 11.2. The van der Waals surface area contributed by atoms with Crippen LogP contribution in [0.25, 0.3) is 0 Å². The van der Waals surface area contributed by atoms with Crippen LogP contribution in [0.15, 0.2) is 0 Å². The Morgan fingerprint density at radius 3 is 2.93 bits per heavy atom. The van der Waals surface area contributed by atoms with E-state index < -0.39 is 6.10 Å². The zero-order chi connectivity index (χ0) is 11.1. The first-order valence-electron chi connectivity index (χ1n) is 5.67. The molecule has 0 saturated carbocycles. The summed E-state index contributed by atoms with van der Waals surface area (Å²) < 4.78 is 10.3. The Morgan fingerprint density at radius 1 is 1.53 bits per heavy atom. The second-order valence-corrected chi connectivity index (χ2v) is 3.98. The highest BCUT2D eigenvalue weighted by molar-refractivity contribution is 5.69. The molecule has 4 heteroatoms. The van der Waals surface area contributed by atoms with Gasteiger partial charge in [0.25, 0.3) is 0 Å². The molecule has 1 N–H and O–H groups in total. The zero-order valence-electron chi connectivity index (χ0n) is 9.28. The fraction of sp³-hybridized carbons (Fsp3) is 0.909. The summed E-state index contributed by atoms with van der Waals surface area (Å²) in [5, 5.41) is 9.17. The van der Waals surface area contributed by atoms with Gasteiger partial charge in [-0.25, -0.2) is 0 Å². The van der Waals surface area contributed by atoms with Gasteiger partial charge in [0.1, 0.15) is 6.61 Å². The Hall–Kier alpha value is -0.610. The van der Waals surface area contributed by atoms with Crippen LogP contribution in [-0.2, 0) is 14.3 Å². The van der Waals surface area contributed by atoms with Gasteiger partial charge in [0.15, 0.2) is 0 Å². The third-order valence-electron chi connectivity index (χ3n) is 2.47. The van der Waals surface area contributed by atoms with E-state index >= 15 is 0 Å². The normalized spacial score (nSPS) is 25.5. The van der Waals surface area contributed by atoms with Crippen LogP contribution in [0.5, 0.6) is 0 Å². The van der Waals surface area contributed by atoms with Crippen molar-refractivity contribution < 1.29 is 19.4 Å². The van der Waals surface area contributed by atoms with E-state index in [1.165, 1.54) is 0 Å². The van der Waals surface area contributed by atoms with Crippen molar-refractivity contribution in [1.29, 1.82) is 0 Å². The van der Waals surface area contributed by atoms with Crippen molar-refractivity contribution in [1.82, 2.24) is 0 Å². The highest BCUT2D eigenvalue weighted by atomic mass is 16.6. The van der Waals surface area contributed by atoms with Gasteiger partial charge in [0.05, 0.1) is 18.8 Å². The number of unbranched alkanes of at least 4 members (excludes halogenated alkanes) is 2. The standard InChI is InChI=1S/C11H20O4/c1-2-3-4-5-11(13)15-8-10-6-9(12)7-14-10/h9-10,12H,2-8H2,1H3/t9-,10?/m1/s1. The number of rotatable bonds is 6. The van der Waals surface area contributed by atoms with Gasteiger partial charge in [-0.2, -0.15) is 0 Å². The predicted octanol–water partition coefficient (Wildman–Crippen LogP) is 1.26. The van der Waals surface area contributed by atoms with Gasteiger partial charge in [-0.05, 0) is 6.42 Å². The summed E-state index contributed by atoms with van der Waals surface area (Å²) >= 11 is 0. The number of hydrogen-bond acceptors (Lipinski definition) is 4. The zero-order valence-corrected chi connectivity index (χ0v) is 9.28. The summed E-state index contributed by atoms with van der Waals surface area (Å²) in [7, 11) is 0. The molecule has 1 heterocycles. The van der Waals surface area contributed by atoms with E-state index in [1.54, 1.807) is 0 Å². The average molecular weight is 216 g/mol. The molecule has 15 heavy (non-hydrogen) atoms. The van der Waals surface area contributed by atoms with Crippen molar-refractivity contribution in [2.24, 2.45) is 0 Å². The Morgan fingerprint density at radius 2 is 2.33 bits per heavy atom. The van der Waals surface area contributed by atoms with Gasteiger partial charge >= 0.3 is 5.97 Å². The van der Waals surface area contributed by atoms with Crippen LogP contribution in [0.2, 0.25) is 0 Å². The minimum atomic E-state index is -0.395. The molecule has 1 aliphatic heterocycles. The van der Waals surface area contributed by atoms with Crippen LogP contribution in [0.4, 0.5) is 0 Å².